The van der Waals surface area contributed by atoms with Crippen LogP contribution in [0.25, 0.3) is 0 Å². The Morgan fingerprint density at radius 2 is 0.667 bits per heavy atom. The van der Waals surface area contributed by atoms with E-state index < -0.39 is 12.1 Å². The van der Waals surface area contributed by atoms with Gasteiger partial charge in [0.15, 0.2) is 0 Å². The molecule has 2 unspecified atom stereocenters. The number of allylic oxidation sites excluding steroid dienone is 5. The van der Waals surface area contributed by atoms with Crippen LogP contribution in [0.3, 0.4) is 0 Å². The first kappa shape index (κ1) is 73.1. The van der Waals surface area contributed by atoms with Crippen molar-refractivity contribution in [2.75, 3.05) is 13.2 Å². The lowest BCUT2D eigenvalue weighted by molar-refractivity contribution is -0.143. The number of carbonyl (C=O) groups is 2. The monoisotopic (exact) mass is 1050 g/mol. The standard InChI is InChI=1S/C69H131NO5/c1-3-5-7-9-11-13-15-17-18-19-20-26-29-32-35-38-41-45-49-53-57-61-67(72)66(65-71)70-68(73)62-58-54-50-46-42-39-36-33-30-27-24-22-21-23-25-28-31-34-37-40-44-48-52-56-60-64-75-69(74)63-59-55-51-47-43-16-14-12-10-8-6-4-2/h22-25,57,61,66-67,71-72H,3-21,26-56,58-60,62-65H2,1-2H3,(H,70,73)/b24-22-,25-23-,61-57+. The zero-order chi connectivity index (χ0) is 54.3. The number of ether oxygens (including phenoxy) is 1. The maximum atomic E-state index is 12.5. The summed E-state index contributed by atoms with van der Waals surface area (Å²) in [5.41, 5.74) is 0. The van der Waals surface area contributed by atoms with Crippen LogP contribution in [0.15, 0.2) is 36.5 Å². The second kappa shape index (κ2) is 64.6. The summed E-state index contributed by atoms with van der Waals surface area (Å²) in [6.07, 6.45) is 82.0. The van der Waals surface area contributed by atoms with Gasteiger partial charge in [-0.05, 0) is 64.2 Å². The highest BCUT2D eigenvalue weighted by atomic mass is 16.5. The van der Waals surface area contributed by atoms with E-state index in [9.17, 15) is 19.8 Å². The summed E-state index contributed by atoms with van der Waals surface area (Å²) in [4.78, 5) is 24.5. The second-order valence-electron chi connectivity index (χ2n) is 23.2. The minimum Gasteiger partial charge on any atom is -0.466 e. The van der Waals surface area contributed by atoms with Gasteiger partial charge in [0, 0.05) is 12.8 Å². The number of unbranched alkanes of at least 4 members (excludes halogenated alkanes) is 48. The maximum absolute atomic E-state index is 12.5. The molecular weight excluding hydrogens is 923 g/mol. The van der Waals surface area contributed by atoms with Crippen molar-refractivity contribution in [3.05, 3.63) is 36.5 Å². The molecule has 0 heterocycles. The van der Waals surface area contributed by atoms with Crippen molar-refractivity contribution >= 4 is 11.9 Å². The second-order valence-corrected chi connectivity index (χ2v) is 23.2. The molecule has 0 aromatic carbocycles. The summed E-state index contributed by atoms with van der Waals surface area (Å²) in [6.45, 7) is 4.92. The molecule has 0 bridgehead atoms. The van der Waals surface area contributed by atoms with Crippen molar-refractivity contribution in [3.8, 4) is 0 Å². The van der Waals surface area contributed by atoms with E-state index in [0.29, 0.717) is 19.4 Å². The van der Waals surface area contributed by atoms with Crippen molar-refractivity contribution < 1.29 is 24.5 Å². The molecule has 3 N–H and O–H groups in total. The van der Waals surface area contributed by atoms with Gasteiger partial charge in [0.25, 0.3) is 0 Å². The van der Waals surface area contributed by atoms with Gasteiger partial charge in [0.05, 0.1) is 25.4 Å². The average molecular weight is 1050 g/mol. The smallest absolute Gasteiger partial charge is 0.305 e. The molecule has 0 fully saturated rings. The van der Waals surface area contributed by atoms with Gasteiger partial charge in [-0.1, -0.05) is 326 Å². The Labute approximate surface area is 468 Å². The Balaban J connectivity index is 3.46. The molecule has 442 valence electrons. The number of amides is 1. The van der Waals surface area contributed by atoms with Crippen LogP contribution in [0, 0.1) is 0 Å². The lowest BCUT2D eigenvalue weighted by Gasteiger charge is -2.20. The normalized spacial score (nSPS) is 12.7. The molecule has 0 aliphatic carbocycles. The van der Waals surface area contributed by atoms with E-state index in [1.807, 2.05) is 6.08 Å². The van der Waals surface area contributed by atoms with Crippen molar-refractivity contribution in [2.24, 2.45) is 0 Å². The first-order valence-corrected chi connectivity index (χ1v) is 33.8. The van der Waals surface area contributed by atoms with Crippen LogP contribution in [-0.2, 0) is 14.3 Å². The molecule has 0 aliphatic rings. The van der Waals surface area contributed by atoms with E-state index in [-0.39, 0.29) is 18.5 Å². The van der Waals surface area contributed by atoms with Crippen LogP contribution in [0.1, 0.15) is 367 Å². The first-order chi connectivity index (χ1) is 37.0. The summed E-state index contributed by atoms with van der Waals surface area (Å²) in [6, 6.07) is -0.634. The summed E-state index contributed by atoms with van der Waals surface area (Å²) in [5.74, 6) is -0.0614. The summed E-state index contributed by atoms with van der Waals surface area (Å²) >= 11 is 0. The van der Waals surface area contributed by atoms with Crippen LogP contribution >= 0.6 is 0 Å². The predicted molar refractivity (Wildman–Crippen MR) is 329 cm³/mol. The van der Waals surface area contributed by atoms with Gasteiger partial charge in [0.2, 0.25) is 5.91 Å². The fourth-order valence-corrected chi connectivity index (χ4v) is 10.5. The summed E-state index contributed by atoms with van der Waals surface area (Å²) < 4.78 is 5.47. The molecule has 2 atom stereocenters. The number of hydrogen-bond acceptors (Lipinski definition) is 5. The quantitative estimate of drug-likeness (QED) is 0.0320. The zero-order valence-electron chi connectivity index (χ0n) is 50.5. The molecule has 75 heavy (non-hydrogen) atoms. The van der Waals surface area contributed by atoms with E-state index in [1.54, 1.807) is 6.08 Å². The Bertz CT molecular complexity index is 1210. The molecule has 0 spiro atoms. The molecule has 0 aromatic rings. The maximum Gasteiger partial charge on any atom is 0.305 e. The lowest BCUT2D eigenvalue weighted by atomic mass is 10.0. The van der Waals surface area contributed by atoms with E-state index in [4.69, 9.17) is 4.74 Å². The Morgan fingerprint density at radius 3 is 1.01 bits per heavy atom. The summed E-state index contributed by atoms with van der Waals surface area (Å²) in [7, 11) is 0. The van der Waals surface area contributed by atoms with Crippen LogP contribution in [-0.4, -0.2) is 47.4 Å². The molecule has 0 rings (SSSR count). The Morgan fingerprint density at radius 1 is 0.373 bits per heavy atom. The number of aliphatic hydroxyl groups excluding tert-OH is 2. The van der Waals surface area contributed by atoms with Gasteiger partial charge in [-0.3, -0.25) is 9.59 Å². The topological polar surface area (TPSA) is 95.9 Å². The highest BCUT2D eigenvalue weighted by Crippen LogP contribution is 2.18. The van der Waals surface area contributed by atoms with Gasteiger partial charge in [-0.2, -0.15) is 0 Å². The zero-order valence-corrected chi connectivity index (χ0v) is 50.5. The number of rotatable bonds is 63. The number of hydrogen-bond donors (Lipinski definition) is 3. The molecule has 0 aromatic heterocycles. The van der Waals surface area contributed by atoms with Gasteiger partial charge >= 0.3 is 5.97 Å². The number of esters is 1. The largest absolute Gasteiger partial charge is 0.466 e. The molecular formula is C69H131NO5. The third-order valence-corrected chi connectivity index (χ3v) is 15.7. The molecule has 0 radical (unpaired) electrons. The number of aliphatic hydroxyl groups is 2. The van der Waals surface area contributed by atoms with Crippen molar-refractivity contribution in [1.29, 1.82) is 0 Å². The highest BCUT2D eigenvalue weighted by molar-refractivity contribution is 5.76. The SMILES string of the molecule is CCCCCCCCCCCCCCCCCCCCC/C=C/C(O)C(CO)NC(=O)CCCCCCCCCCC/C=C\C/C=C\CCCCCCCCCCCOC(=O)CCCCCCCCCCCCCC. The minimum atomic E-state index is -0.850. The van der Waals surface area contributed by atoms with E-state index in [2.05, 4.69) is 43.5 Å². The fraction of sp³-hybridized carbons (Fsp3) is 0.884. The van der Waals surface area contributed by atoms with E-state index >= 15 is 0 Å². The predicted octanol–water partition coefficient (Wildman–Crippen LogP) is 21.5. The molecule has 6 heteroatoms. The van der Waals surface area contributed by atoms with Crippen LogP contribution < -0.4 is 5.32 Å². The van der Waals surface area contributed by atoms with Gasteiger partial charge in [0.1, 0.15) is 0 Å². The summed E-state index contributed by atoms with van der Waals surface area (Å²) in [5, 5.41) is 23.2. The lowest BCUT2D eigenvalue weighted by Crippen LogP contribution is -2.45. The van der Waals surface area contributed by atoms with Crippen LogP contribution in [0.2, 0.25) is 0 Å². The highest BCUT2D eigenvalue weighted by Gasteiger charge is 2.18. The first-order valence-electron chi connectivity index (χ1n) is 33.8. The average Bonchev–Trinajstić information content (AvgIpc) is 3.41. The van der Waals surface area contributed by atoms with E-state index in [1.165, 1.54) is 295 Å². The van der Waals surface area contributed by atoms with Crippen molar-refractivity contribution in [3.63, 3.8) is 0 Å². The third-order valence-electron chi connectivity index (χ3n) is 15.7. The van der Waals surface area contributed by atoms with Crippen molar-refractivity contribution in [1.82, 2.24) is 5.32 Å². The minimum absolute atomic E-state index is 0.00954. The van der Waals surface area contributed by atoms with Gasteiger partial charge in [-0.15, -0.1) is 0 Å². The Hall–Kier alpha value is -1.92. The molecule has 0 saturated heterocycles. The number of nitrogens with one attached hydrogen (secondary N) is 1. The molecule has 1 amide bonds. The van der Waals surface area contributed by atoms with E-state index in [0.717, 1.165) is 44.9 Å². The number of carbonyl (C=O) groups excluding carboxylic acids is 2. The molecule has 0 saturated carbocycles. The van der Waals surface area contributed by atoms with Crippen molar-refractivity contribution in [2.45, 2.75) is 379 Å². The van der Waals surface area contributed by atoms with Crippen LogP contribution in [0.5, 0.6) is 0 Å². The molecule has 6 nitrogen and oxygen atoms in total. The molecule has 0 aliphatic heterocycles. The third kappa shape index (κ3) is 61.2. The Kier molecular flexibility index (Phi) is 63.0. The van der Waals surface area contributed by atoms with Gasteiger partial charge in [-0.25, -0.2) is 0 Å². The van der Waals surface area contributed by atoms with Crippen LogP contribution in [0.4, 0.5) is 0 Å². The van der Waals surface area contributed by atoms with Gasteiger partial charge < -0.3 is 20.3 Å². The fourth-order valence-electron chi connectivity index (χ4n) is 10.5.